The zero-order chi connectivity index (χ0) is 22.4. The molecule has 162 valence electrons. The lowest BCUT2D eigenvalue weighted by molar-refractivity contribution is 0.0951. The van der Waals surface area contributed by atoms with Crippen molar-refractivity contribution in [1.82, 2.24) is 5.32 Å². The maximum atomic E-state index is 13.4. The predicted molar refractivity (Wildman–Crippen MR) is 125 cm³/mol. The van der Waals surface area contributed by atoms with Crippen LogP contribution in [0.5, 0.6) is 5.75 Å². The molecule has 0 atom stereocenters. The van der Waals surface area contributed by atoms with E-state index in [4.69, 9.17) is 16.3 Å². The fourth-order valence-corrected chi connectivity index (χ4v) is 5.16. The zero-order valence-corrected chi connectivity index (χ0v) is 19.1. The second-order valence-corrected chi connectivity index (χ2v) is 9.73. The monoisotopic (exact) mass is 476 g/mol. The lowest BCUT2D eigenvalue weighted by Crippen LogP contribution is -2.31. The highest BCUT2D eigenvalue weighted by Gasteiger charge is 2.26. The average molecular weight is 477 g/mol. The molecule has 1 N–H and O–H groups in total. The van der Waals surface area contributed by atoms with E-state index in [0.717, 1.165) is 4.88 Å². The first-order chi connectivity index (χ1) is 14.9. The zero-order valence-electron chi connectivity index (χ0n) is 16.7. The quantitative estimate of drug-likeness (QED) is 0.453. The number of benzene rings is 2. The molecular formula is C22H21ClN2O4S2. The Kier molecular flexibility index (Phi) is 7.37. The molecule has 1 aromatic heterocycles. The number of nitrogens with zero attached hydrogens (tertiary/aromatic N) is 1. The third-order valence-electron chi connectivity index (χ3n) is 4.43. The van der Waals surface area contributed by atoms with Crippen LogP contribution in [0, 0.1) is 0 Å². The number of nitrogens with one attached hydrogen (secondary N) is 1. The van der Waals surface area contributed by atoms with Gasteiger partial charge in [-0.05, 0) is 53.9 Å². The van der Waals surface area contributed by atoms with Crippen LogP contribution < -0.4 is 14.4 Å². The number of carbonyl (C=O) groups excluding carboxylic acids is 1. The summed E-state index contributed by atoms with van der Waals surface area (Å²) in [5, 5.41) is 4.85. The number of rotatable bonds is 9. The number of carbonyl (C=O) groups is 1. The third kappa shape index (κ3) is 5.28. The molecule has 0 aliphatic carbocycles. The number of halogens is 1. The first-order valence-electron chi connectivity index (χ1n) is 9.24. The normalized spacial score (nSPS) is 11.0. The van der Waals surface area contributed by atoms with Crippen molar-refractivity contribution >= 4 is 44.6 Å². The third-order valence-corrected chi connectivity index (χ3v) is 7.42. The number of anilines is 1. The van der Waals surface area contributed by atoms with Crippen molar-refractivity contribution in [2.24, 2.45) is 0 Å². The Morgan fingerprint density at radius 2 is 1.97 bits per heavy atom. The summed E-state index contributed by atoms with van der Waals surface area (Å²) in [5.41, 5.74) is 0.534. The molecule has 3 aromatic rings. The fourth-order valence-electron chi connectivity index (χ4n) is 2.85. The summed E-state index contributed by atoms with van der Waals surface area (Å²) in [7, 11) is -2.45. The van der Waals surface area contributed by atoms with Crippen LogP contribution >= 0.6 is 22.9 Å². The van der Waals surface area contributed by atoms with Gasteiger partial charge >= 0.3 is 0 Å². The summed E-state index contributed by atoms with van der Waals surface area (Å²) < 4.78 is 33.1. The van der Waals surface area contributed by atoms with Crippen LogP contribution in [0.2, 0.25) is 5.02 Å². The molecule has 0 fully saturated rings. The molecule has 0 radical (unpaired) electrons. The van der Waals surface area contributed by atoms with E-state index in [-0.39, 0.29) is 22.0 Å². The van der Waals surface area contributed by atoms with Gasteiger partial charge in [0.1, 0.15) is 5.75 Å². The van der Waals surface area contributed by atoms with Crippen molar-refractivity contribution in [2.75, 3.05) is 18.0 Å². The fraction of sp³-hybridized carbons (Fsp3) is 0.136. The largest absolute Gasteiger partial charge is 0.497 e. The topological polar surface area (TPSA) is 75.7 Å². The van der Waals surface area contributed by atoms with Gasteiger partial charge in [0, 0.05) is 4.88 Å². The van der Waals surface area contributed by atoms with Crippen LogP contribution in [0.15, 0.2) is 77.5 Å². The maximum Gasteiger partial charge on any atom is 0.264 e. The Balaban J connectivity index is 1.92. The number of methoxy groups -OCH3 is 1. The SMILES string of the molecule is C=CCN(c1ccc(OC)cc1)S(=O)(=O)c1ccc(Cl)c(C(=O)NCc2cccs2)c1. The van der Waals surface area contributed by atoms with Gasteiger partial charge in [0.15, 0.2) is 0 Å². The van der Waals surface area contributed by atoms with Gasteiger partial charge in [0.05, 0.1) is 41.4 Å². The minimum atomic E-state index is -3.98. The Labute approximate surface area is 190 Å². The van der Waals surface area contributed by atoms with Crippen molar-refractivity contribution in [2.45, 2.75) is 11.4 Å². The highest BCUT2D eigenvalue weighted by atomic mass is 35.5. The second kappa shape index (κ2) is 10.00. The van der Waals surface area contributed by atoms with Gasteiger partial charge in [0.25, 0.3) is 15.9 Å². The Morgan fingerprint density at radius 3 is 2.58 bits per heavy atom. The summed E-state index contributed by atoms with van der Waals surface area (Å²) in [6.07, 6.45) is 1.49. The molecule has 0 spiro atoms. The molecule has 0 saturated heterocycles. The van der Waals surface area contributed by atoms with Gasteiger partial charge in [-0.15, -0.1) is 17.9 Å². The first kappa shape index (κ1) is 22.9. The molecule has 2 aromatic carbocycles. The number of hydrogen-bond donors (Lipinski definition) is 1. The van der Waals surface area contributed by atoms with Gasteiger partial charge in [0.2, 0.25) is 0 Å². The molecule has 6 nitrogen and oxygen atoms in total. The standard InChI is InChI=1S/C22H21ClN2O4S2/c1-3-12-25(16-6-8-17(29-2)9-7-16)31(27,28)19-10-11-21(23)20(14-19)22(26)24-15-18-5-4-13-30-18/h3-11,13-14H,1,12,15H2,2H3,(H,24,26). The van der Waals surface area contributed by atoms with Gasteiger partial charge in [-0.1, -0.05) is 23.7 Å². The summed E-state index contributed by atoms with van der Waals surface area (Å²) in [6, 6.07) is 14.5. The van der Waals surface area contributed by atoms with Crippen LogP contribution in [-0.4, -0.2) is 28.0 Å². The lowest BCUT2D eigenvalue weighted by Gasteiger charge is -2.23. The molecule has 0 aliphatic heterocycles. The molecule has 1 heterocycles. The van der Waals surface area contributed by atoms with E-state index in [1.165, 1.54) is 47.0 Å². The number of sulfonamides is 1. The van der Waals surface area contributed by atoms with Gasteiger partial charge in [-0.2, -0.15) is 0 Å². The Morgan fingerprint density at radius 1 is 1.23 bits per heavy atom. The molecule has 9 heteroatoms. The van der Waals surface area contributed by atoms with Gasteiger partial charge < -0.3 is 10.1 Å². The lowest BCUT2D eigenvalue weighted by atomic mass is 10.2. The van der Waals surface area contributed by atoms with E-state index in [2.05, 4.69) is 11.9 Å². The maximum absolute atomic E-state index is 13.4. The summed E-state index contributed by atoms with van der Waals surface area (Å²) in [6.45, 7) is 4.04. The van der Waals surface area contributed by atoms with E-state index in [1.54, 1.807) is 24.3 Å². The van der Waals surface area contributed by atoms with Crippen LogP contribution in [0.25, 0.3) is 0 Å². The molecule has 3 rings (SSSR count). The molecule has 0 saturated carbocycles. The minimum absolute atomic E-state index is 0.0455. The minimum Gasteiger partial charge on any atom is -0.497 e. The van der Waals surface area contributed by atoms with Crippen molar-refractivity contribution in [3.63, 3.8) is 0 Å². The molecule has 0 bridgehead atoms. The summed E-state index contributed by atoms with van der Waals surface area (Å²) in [5.74, 6) is 0.158. The Bertz CT molecular complexity index is 1160. The molecule has 0 unspecified atom stereocenters. The molecule has 1 amide bonds. The van der Waals surface area contributed by atoms with Crippen molar-refractivity contribution in [3.05, 3.63) is 88.1 Å². The van der Waals surface area contributed by atoms with Crippen molar-refractivity contribution in [3.8, 4) is 5.75 Å². The van der Waals surface area contributed by atoms with Crippen LogP contribution in [0.1, 0.15) is 15.2 Å². The van der Waals surface area contributed by atoms with Gasteiger partial charge in [-0.25, -0.2) is 8.42 Å². The number of hydrogen-bond acceptors (Lipinski definition) is 5. The van der Waals surface area contributed by atoms with E-state index in [1.807, 2.05) is 17.5 Å². The molecule has 31 heavy (non-hydrogen) atoms. The van der Waals surface area contributed by atoms with Gasteiger partial charge in [-0.3, -0.25) is 9.10 Å². The van der Waals surface area contributed by atoms with E-state index < -0.39 is 15.9 Å². The first-order valence-corrected chi connectivity index (χ1v) is 11.9. The van der Waals surface area contributed by atoms with Crippen molar-refractivity contribution < 1.29 is 17.9 Å². The van der Waals surface area contributed by atoms with Crippen LogP contribution in [-0.2, 0) is 16.6 Å². The van der Waals surface area contributed by atoms with E-state index in [9.17, 15) is 13.2 Å². The van der Waals surface area contributed by atoms with E-state index in [0.29, 0.717) is 18.0 Å². The highest BCUT2D eigenvalue weighted by Crippen LogP contribution is 2.28. The van der Waals surface area contributed by atoms with E-state index >= 15 is 0 Å². The predicted octanol–water partition coefficient (Wildman–Crippen LogP) is 4.72. The molecular weight excluding hydrogens is 456 g/mol. The second-order valence-electron chi connectivity index (χ2n) is 6.43. The smallest absolute Gasteiger partial charge is 0.264 e. The Hall–Kier alpha value is -2.81. The van der Waals surface area contributed by atoms with Crippen molar-refractivity contribution in [1.29, 1.82) is 0 Å². The average Bonchev–Trinajstić information content (AvgIpc) is 3.29. The van der Waals surface area contributed by atoms with Crippen LogP contribution in [0.4, 0.5) is 5.69 Å². The number of amides is 1. The highest BCUT2D eigenvalue weighted by molar-refractivity contribution is 7.92. The van der Waals surface area contributed by atoms with Crippen LogP contribution in [0.3, 0.4) is 0 Å². The number of thiophene rings is 1. The molecule has 0 aliphatic rings. The summed E-state index contributed by atoms with van der Waals surface area (Å²) >= 11 is 7.71. The number of ether oxygens (including phenoxy) is 1. The summed E-state index contributed by atoms with van der Waals surface area (Å²) in [4.78, 5) is 13.6.